The molecule has 0 unspecified atom stereocenters. The van der Waals surface area contributed by atoms with E-state index in [2.05, 4.69) is 15.9 Å². The second-order valence-electron chi connectivity index (χ2n) is 4.52. The lowest BCUT2D eigenvalue weighted by atomic mass is 9.64. The van der Waals surface area contributed by atoms with E-state index in [1.807, 2.05) is 0 Å². The smallest absolute Gasteiger partial charge is 0.314 e. The van der Waals surface area contributed by atoms with Crippen molar-refractivity contribution in [1.29, 1.82) is 0 Å². The number of carbonyl (C=O) groups is 1. The maximum absolute atomic E-state index is 14.3. The SMILES string of the molecule is COc1cc(F)c(C2(C(=O)O)CCC2)c(Br)c1OC. The number of methoxy groups -OCH3 is 2. The van der Waals surface area contributed by atoms with Crippen molar-refractivity contribution in [3.05, 3.63) is 21.9 Å². The van der Waals surface area contributed by atoms with Gasteiger partial charge in [-0.15, -0.1) is 0 Å². The molecule has 0 heterocycles. The molecule has 0 amide bonds. The van der Waals surface area contributed by atoms with E-state index >= 15 is 0 Å². The quantitative estimate of drug-likeness (QED) is 0.920. The van der Waals surface area contributed by atoms with Crippen molar-refractivity contribution >= 4 is 21.9 Å². The third kappa shape index (κ3) is 1.98. The van der Waals surface area contributed by atoms with Crippen molar-refractivity contribution in [3.63, 3.8) is 0 Å². The van der Waals surface area contributed by atoms with E-state index in [9.17, 15) is 14.3 Å². The fourth-order valence-electron chi connectivity index (χ4n) is 2.46. The van der Waals surface area contributed by atoms with Gasteiger partial charge in [-0.1, -0.05) is 6.42 Å². The van der Waals surface area contributed by atoms with Crippen molar-refractivity contribution < 1.29 is 23.8 Å². The second kappa shape index (κ2) is 5.00. The molecule has 1 aliphatic rings. The summed E-state index contributed by atoms with van der Waals surface area (Å²) in [5.41, 5.74) is -1.02. The van der Waals surface area contributed by atoms with Crippen LogP contribution in [0.1, 0.15) is 24.8 Å². The van der Waals surface area contributed by atoms with Gasteiger partial charge in [0.2, 0.25) is 0 Å². The average molecular weight is 333 g/mol. The minimum atomic E-state index is -1.16. The fraction of sp³-hybridized carbons (Fsp3) is 0.462. The normalized spacial score (nSPS) is 16.6. The Morgan fingerprint density at radius 2 is 2.05 bits per heavy atom. The Morgan fingerprint density at radius 3 is 2.42 bits per heavy atom. The molecule has 0 spiro atoms. The zero-order valence-electron chi connectivity index (χ0n) is 10.6. The zero-order valence-corrected chi connectivity index (χ0v) is 12.2. The Labute approximate surface area is 118 Å². The minimum Gasteiger partial charge on any atom is -0.493 e. The molecule has 0 bridgehead atoms. The number of rotatable bonds is 4. The van der Waals surface area contributed by atoms with Crippen LogP contribution in [-0.2, 0) is 10.2 Å². The molecule has 6 heteroatoms. The van der Waals surface area contributed by atoms with Crippen LogP contribution in [0.15, 0.2) is 10.5 Å². The summed E-state index contributed by atoms with van der Waals surface area (Å²) in [6, 6.07) is 1.17. The first-order valence-corrected chi connectivity index (χ1v) is 6.61. The largest absolute Gasteiger partial charge is 0.493 e. The highest BCUT2D eigenvalue weighted by Gasteiger charge is 2.49. The molecule has 2 rings (SSSR count). The lowest BCUT2D eigenvalue weighted by molar-refractivity contribution is -0.147. The number of carboxylic acids is 1. The van der Waals surface area contributed by atoms with Crippen molar-refractivity contribution in [2.24, 2.45) is 0 Å². The van der Waals surface area contributed by atoms with E-state index in [1.165, 1.54) is 20.3 Å². The number of aliphatic carboxylic acids is 1. The number of hydrogen-bond donors (Lipinski definition) is 1. The molecule has 0 aromatic heterocycles. The predicted molar refractivity (Wildman–Crippen MR) is 70.4 cm³/mol. The number of benzene rings is 1. The maximum atomic E-state index is 14.3. The average Bonchev–Trinajstić information content (AvgIpc) is 2.30. The third-order valence-corrected chi connectivity index (χ3v) is 4.41. The van der Waals surface area contributed by atoms with E-state index in [4.69, 9.17) is 9.47 Å². The first kappa shape index (κ1) is 14.1. The second-order valence-corrected chi connectivity index (χ2v) is 5.32. The van der Waals surface area contributed by atoms with Crippen LogP contribution in [0.3, 0.4) is 0 Å². The summed E-state index contributed by atoms with van der Waals surface area (Å²) in [7, 11) is 2.83. The summed E-state index contributed by atoms with van der Waals surface area (Å²) in [5, 5.41) is 9.42. The fourth-order valence-corrected chi connectivity index (χ4v) is 3.39. The lowest BCUT2D eigenvalue weighted by Crippen LogP contribution is -2.43. The predicted octanol–water partition coefficient (Wildman–Crippen LogP) is 3.11. The van der Waals surface area contributed by atoms with Gasteiger partial charge in [-0.05, 0) is 28.8 Å². The van der Waals surface area contributed by atoms with E-state index in [0.29, 0.717) is 23.1 Å². The van der Waals surface area contributed by atoms with Gasteiger partial charge in [0.25, 0.3) is 0 Å². The highest BCUT2D eigenvalue weighted by Crippen LogP contribution is 2.51. The van der Waals surface area contributed by atoms with Crippen LogP contribution < -0.4 is 9.47 Å². The Bertz CT molecular complexity index is 526. The number of carboxylic acid groups (broad SMARTS) is 1. The summed E-state index contributed by atoms with van der Waals surface area (Å²) in [6.07, 6.45) is 1.62. The van der Waals surface area contributed by atoms with Gasteiger partial charge in [-0.3, -0.25) is 4.79 Å². The molecule has 19 heavy (non-hydrogen) atoms. The van der Waals surface area contributed by atoms with Gasteiger partial charge in [-0.25, -0.2) is 4.39 Å². The molecule has 1 aliphatic carbocycles. The van der Waals surface area contributed by atoms with Gasteiger partial charge in [0.15, 0.2) is 11.5 Å². The van der Waals surface area contributed by atoms with E-state index in [0.717, 1.165) is 6.42 Å². The van der Waals surface area contributed by atoms with Crippen molar-refractivity contribution in [3.8, 4) is 11.5 Å². The van der Waals surface area contributed by atoms with Crippen LogP contribution in [0.25, 0.3) is 0 Å². The van der Waals surface area contributed by atoms with Gasteiger partial charge < -0.3 is 14.6 Å². The molecule has 1 aromatic rings. The number of halogens is 2. The Hall–Kier alpha value is -1.30. The van der Waals surface area contributed by atoms with Crippen LogP contribution >= 0.6 is 15.9 Å². The topological polar surface area (TPSA) is 55.8 Å². The maximum Gasteiger partial charge on any atom is 0.314 e. The molecule has 104 valence electrons. The minimum absolute atomic E-state index is 0.143. The third-order valence-electron chi connectivity index (χ3n) is 3.66. The molecule has 1 fully saturated rings. The summed E-state index contributed by atoms with van der Waals surface area (Å²) in [5.74, 6) is -1.06. The Morgan fingerprint density at radius 1 is 1.42 bits per heavy atom. The molecule has 4 nitrogen and oxygen atoms in total. The molecule has 1 aromatic carbocycles. The van der Waals surface area contributed by atoms with Crippen LogP contribution in [0.5, 0.6) is 11.5 Å². The Balaban J connectivity index is 2.67. The summed E-state index contributed by atoms with van der Waals surface area (Å²) in [6.45, 7) is 0. The van der Waals surface area contributed by atoms with Gasteiger partial charge in [-0.2, -0.15) is 0 Å². The van der Waals surface area contributed by atoms with Crippen LogP contribution in [0.2, 0.25) is 0 Å². The van der Waals surface area contributed by atoms with Crippen LogP contribution in [-0.4, -0.2) is 25.3 Å². The summed E-state index contributed by atoms with van der Waals surface area (Å²) in [4.78, 5) is 11.5. The summed E-state index contributed by atoms with van der Waals surface area (Å²) < 4.78 is 24.8. The van der Waals surface area contributed by atoms with Gasteiger partial charge >= 0.3 is 5.97 Å². The molecular weight excluding hydrogens is 319 g/mol. The molecule has 0 radical (unpaired) electrons. The number of ether oxygens (including phenoxy) is 2. The van der Waals surface area contributed by atoms with Crippen molar-refractivity contribution in [1.82, 2.24) is 0 Å². The lowest BCUT2D eigenvalue weighted by Gasteiger charge is -2.39. The van der Waals surface area contributed by atoms with Crippen LogP contribution in [0.4, 0.5) is 4.39 Å². The first-order chi connectivity index (χ1) is 8.97. The van der Waals surface area contributed by atoms with E-state index < -0.39 is 17.2 Å². The van der Waals surface area contributed by atoms with Gasteiger partial charge in [0, 0.05) is 11.6 Å². The van der Waals surface area contributed by atoms with Gasteiger partial charge in [0.05, 0.1) is 24.1 Å². The molecule has 1 saturated carbocycles. The molecule has 1 N–H and O–H groups in total. The highest BCUT2D eigenvalue weighted by molar-refractivity contribution is 9.10. The molecule has 0 aliphatic heterocycles. The molecule has 0 atom stereocenters. The number of hydrogen-bond acceptors (Lipinski definition) is 3. The highest BCUT2D eigenvalue weighted by atomic mass is 79.9. The van der Waals surface area contributed by atoms with Crippen molar-refractivity contribution in [2.45, 2.75) is 24.7 Å². The van der Waals surface area contributed by atoms with Crippen molar-refractivity contribution in [2.75, 3.05) is 14.2 Å². The van der Waals surface area contributed by atoms with E-state index in [-0.39, 0.29) is 11.3 Å². The van der Waals surface area contributed by atoms with Gasteiger partial charge in [0.1, 0.15) is 5.82 Å². The zero-order chi connectivity index (χ0) is 14.2. The van der Waals surface area contributed by atoms with E-state index in [1.54, 1.807) is 0 Å². The molecular formula is C13H14BrFO4. The summed E-state index contributed by atoms with van der Waals surface area (Å²) >= 11 is 3.25. The Kier molecular flexibility index (Phi) is 3.71. The monoisotopic (exact) mass is 332 g/mol. The standard InChI is InChI=1S/C13H14BrFO4/c1-18-8-6-7(15)9(10(14)11(8)19-2)13(12(16)17)4-3-5-13/h6H,3-5H2,1-2H3,(H,16,17). The van der Waals surface area contributed by atoms with Crippen LogP contribution in [0, 0.1) is 5.82 Å². The first-order valence-electron chi connectivity index (χ1n) is 5.81. The molecule has 0 saturated heterocycles.